The van der Waals surface area contributed by atoms with E-state index >= 15 is 0 Å². The number of hydrogen-bond acceptors (Lipinski definition) is 5. The van der Waals surface area contributed by atoms with Crippen molar-refractivity contribution in [3.63, 3.8) is 0 Å². The molecule has 9 heteroatoms. The van der Waals surface area contributed by atoms with Crippen LogP contribution < -0.4 is 16.6 Å². The Bertz CT molecular complexity index is 602. The summed E-state index contributed by atoms with van der Waals surface area (Å²) in [6, 6.07) is -1.44. The molecule has 1 heterocycles. The van der Waals surface area contributed by atoms with Crippen LogP contribution in [0.25, 0.3) is 0 Å². The molecule has 1 aromatic rings. The third-order valence-electron chi connectivity index (χ3n) is 2.32. The minimum Gasteiger partial charge on any atom is -0.480 e. The van der Waals surface area contributed by atoms with Crippen molar-refractivity contribution >= 4 is 11.9 Å². The van der Waals surface area contributed by atoms with Crippen LogP contribution in [0.5, 0.6) is 0 Å². The Balaban J connectivity index is 2.83. The van der Waals surface area contributed by atoms with Crippen LogP contribution in [0.15, 0.2) is 15.8 Å². The lowest BCUT2D eigenvalue weighted by atomic mass is 10.3. The van der Waals surface area contributed by atoms with Crippen LogP contribution in [0.1, 0.15) is 5.56 Å². The Morgan fingerprint density at radius 3 is 2.63 bits per heavy atom. The first-order chi connectivity index (χ1) is 8.85. The topological polar surface area (TPSA) is 141 Å². The van der Waals surface area contributed by atoms with E-state index in [4.69, 9.17) is 10.2 Å². The van der Waals surface area contributed by atoms with Crippen LogP contribution in [0.3, 0.4) is 0 Å². The number of nitrogens with zero attached hydrogens (tertiary/aromatic N) is 1. The Morgan fingerprint density at radius 1 is 1.47 bits per heavy atom. The van der Waals surface area contributed by atoms with Gasteiger partial charge in [-0.3, -0.25) is 19.1 Å². The second-order valence-corrected chi connectivity index (χ2v) is 3.84. The number of aliphatic hydroxyl groups is 1. The average Bonchev–Trinajstić information content (AvgIpc) is 2.32. The molecule has 0 aliphatic carbocycles. The van der Waals surface area contributed by atoms with Crippen molar-refractivity contribution in [2.45, 2.75) is 19.5 Å². The van der Waals surface area contributed by atoms with Gasteiger partial charge >= 0.3 is 11.7 Å². The van der Waals surface area contributed by atoms with Gasteiger partial charge in [0.2, 0.25) is 5.91 Å². The third kappa shape index (κ3) is 3.78. The normalized spacial score (nSPS) is 11.9. The summed E-state index contributed by atoms with van der Waals surface area (Å²) in [5.41, 5.74) is -1.09. The highest BCUT2D eigenvalue weighted by Gasteiger charge is 2.19. The second kappa shape index (κ2) is 5.96. The molecule has 0 bridgehead atoms. The van der Waals surface area contributed by atoms with Gasteiger partial charge in [0, 0.05) is 11.8 Å². The fraction of sp³-hybridized carbons (Fsp3) is 0.400. The van der Waals surface area contributed by atoms with Crippen molar-refractivity contribution in [2.24, 2.45) is 0 Å². The van der Waals surface area contributed by atoms with Crippen LogP contribution in [-0.4, -0.2) is 44.3 Å². The van der Waals surface area contributed by atoms with Crippen LogP contribution >= 0.6 is 0 Å². The van der Waals surface area contributed by atoms with Crippen molar-refractivity contribution in [1.29, 1.82) is 0 Å². The number of aromatic amines is 1. The first-order valence-corrected chi connectivity index (χ1v) is 5.28. The number of aliphatic hydroxyl groups excluding tert-OH is 1. The standard InChI is InChI=1S/C10H13N3O6/c1-5-2-13(10(19)12-8(5)16)3-7(15)11-6(4-14)9(17)18/h2,6,14H,3-4H2,1H3,(H,11,15)(H,17,18)(H,12,16,19)/t6-/m0/s1. The van der Waals surface area contributed by atoms with Gasteiger partial charge in [0.15, 0.2) is 0 Å². The molecule has 0 saturated heterocycles. The van der Waals surface area contributed by atoms with Gasteiger partial charge in [-0.05, 0) is 6.92 Å². The van der Waals surface area contributed by atoms with Crippen molar-refractivity contribution < 1.29 is 19.8 Å². The molecular weight excluding hydrogens is 258 g/mol. The summed E-state index contributed by atoms with van der Waals surface area (Å²) in [5.74, 6) is -2.16. The number of carbonyl (C=O) groups is 2. The number of nitrogens with one attached hydrogen (secondary N) is 2. The monoisotopic (exact) mass is 271 g/mol. The fourth-order valence-electron chi connectivity index (χ4n) is 1.32. The number of amides is 1. The van der Waals surface area contributed by atoms with E-state index in [1.54, 1.807) is 0 Å². The predicted molar refractivity (Wildman–Crippen MR) is 62.7 cm³/mol. The zero-order chi connectivity index (χ0) is 14.6. The molecule has 0 aromatic carbocycles. The highest BCUT2D eigenvalue weighted by atomic mass is 16.4. The number of carboxylic acid groups (broad SMARTS) is 1. The molecule has 104 valence electrons. The number of hydrogen-bond donors (Lipinski definition) is 4. The molecular formula is C10H13N3O6. The first kappa shape index (κ1) is 14.6. The summed E-state index contributed by atoms with van der Waals surface area (Å²) in [6.45, 7) is 0.237. The number of rotatable bonds is 5. The minimum atomic E-state index is -1.44. The maximum atomic E-state index is 11.5. The number of aryl methyl sites for hydroxylation is 1. The molecule has 9 nitrogen and oxygen atoms in total. The van der Waals surface area contributed by atoms with Crippen molar-refractivity contribution in [1.82, 2.24) is 14.9 Å². The van der Waals surface area contributed by atoms with Gasteiger partial charge in [-0.15, -0.1) is 0 Å². The van der Waals surface area contributed by atoms with Crippen LogP contribution in [0.4, 0.5) is 0 Å². The molecule has 0 aliphatic rings. The van der Waals surface area contributed by atoms with Crippen LogP contribution in [0, 0.1) is 6.92 Å². The van der Waals surface area contributed by atoms with Crippen LogP contribution in [-0.2, 0) is 16.1 Å². The number of carboxylic acids is 1. The average molecular weight is 271 g/mol. The van der Waals surface area contributed by atoms with Gasteiger partial charge in [0.05, 0.1) is 6.61 Å². The molecule has 19 heavy (non-hydrogen) atoms. The van der Waals surface area contributed by atoms with Crippen molar-refractivity contribution in [3.8, 4) is 0 Å². The lowest BCUT2D eigenvalue weighted by Crippen LogP contribution is -2.46. The molecule has 0 radical (unpaired) electrons. The molecule has 4 N–H and O–H groups in total. The molecule has 0 aliphatic heterocycles. The Morgan fingerprint density at radius 2 is 2.11 bits per heavy atom. The minimum absolute atomic E-state index is 0.240. The number of H-pyrrole nitrogens is 1. The largest absolute Gasteiger partial charge is 0.480 e. The van der Waals surface area contributed by atoms with Crippen molar-refractivity contribution in [2.75, 3.05) is 6.61 Å². The van der Waals surface area contributed by atoms with Gasteiger partial charge in [0.1, 0.15) is 12.6 Å². The van der Waals surface area contributed by atoms with Crippen LogP contribution in [0.2, 0.25) is 0 Å². The lowest BCUT2D eigenvalue weighted by molar-refractivity contribution is -0.143. The third-order valence-corrected chi connectivity index (χ3v) is 2.32. The number of aliphatic carboxylic acids is 1. The van der Waals surface area contributed by atoms with Crippen molar-refractivity contribution in [3.05, 3.63) is 32.6 Å². The maximum absolute atomic E-state index is 11.5. The summed E-state index contributed by atoms with van der Waals surface area (Å²) >= 11 is 0. The highest BCUT2D eigenvalue weighted by Crippen LogP contribution is 1.87. The molecule has 1 atom stereocenters. The highest BCUT2D eigenvalue weighted by molar-refractivity contribution is 5.83. The van der Waals surface area contributed by atoms with E-state index in [9.17, 15) is 19.2 Å². The molecule has 0 saturated carbocycles. The Kier molecular flexibility index (Phi) is 4.59. The smallest absolute Gasteiger partial charge is 0.328 e. The number of aromatic nitrogens is 2. The van der Waals surface area contributed by atoms with Gasteiger partial charge in [-0.2, -0.15) is 0 Å². The Hall–Kier alpha value is -2.42. The first-order valence-electron chi connectivity index (χ1n) is 5.28. The molecule has 0 fully saturated rings. The summed E-state index contributed by atoms with van der Waals surface area (Å²) in [5, 5.41) is 19.4. The quantitative estimate of drug-likeness (QED) is 0.463. The predicted octanol–water partition coefficient (Wildman–Crippen LogP) is -2.59. The zero-order valence-electron chi connectivity index (χ0n) is 10.0. The molecule has 1 rings (SSSR count). The lowest BCUT2D eigenvalue weighted by Gasteiger charge is -2.12. The molecule has 0 spiro atoms. The van der Waals surface area contributed by atoms with E-state index in [1.165, 1.54) is 13.1 Å². The van der Waals surface area contributed by atoms with E-state index < -0.39 is 42.3 Å². The van der Waals surface area contributed by atoms with Gasteiger partial charge < -0.3 is 15.5 Å². The van der Waals surface area contributed by atoms with Gasteiger partial charge in [-0.25, -0.2) is 9.59 Å². The second-order valence-electron chi connectivity index (χ2n) is 3.84. The summed E-state index contributed by atoms with van der Waals surface area (Å²) < 4.78 is 0.933. The molecule has 1 aromatic heterocycles. The zero-order valence-corrected chi connectivity index (χ0v) is 10.0. The van der Waals surface area contributed by atoms with Gasteiger partial charge in [-0.1, -0.05) is 0 Å². The van der Waals surface area contributed by atoms with E-state index in [0.29, 0.717) is 0 Å². The van der Waals surface area contributed by atoms with E-state index in [-0.39, 0.29) is 5.56 Å². The summed E-state index contributed by atoms with van der Waals surface area (Å²) in [4.78, 5) is 46.6. The molecule has 1 amide bonds. The van der Waals surface area contributed by atoms with E-state index in [0.717, 1.165) is 4.57 Å². The number of carbonyl (C=O) groups excluding carboxylic acids is 1. The maximum Gasteiger partial charge on any atom is 0.328 e. The van der Waals surface area contributed by atoms with E-state index in [1.807, 2.05) is 10.3 Å². The molecule has 0 unspecified atom stereocenters. The fourth-order valence-corrected chi connectivity index (χ4v) is 1.32. The van der Waals surface area contributed by atoms with Gasteiger partial charge in [0.25, 0.3) is 5.56 Å². The summed E-state index contributed by atoms with van der Waals surface area (Å²) in [6.07, 6.45) is 1.19. The Labute approximate surface area is 106 Å². The SMILES string of the molecule is Cc1cn(CC(=O)N[C@@H](CO)C(=O)O)c(=O)[nH]c1=O. The summed E-state index contributed by atoms with van der Waals surface area (Å²) in [7, 11) is 0. The van der Waals surface area contributed by atoms with E-state index in [2.05, 4.69) is 0 Å².